The number of esters is 1. The second-order valence-corrected chi connectivity index (χ2v) is 9.03. The summed E-state index contributed by atoms with van der Waals surface area (Å²) >= 11 is 5.81. The van der Waals surface area contributed by atoms with Crippen LogP contribution in [0.3, 0.4) is 0 Å². The van der Waals surface area contributed by atoms with Crippen LogP contribution in [-0.4, -0.2) is 37.3 Å². The summed E-state index contributed by atoms with van der Waals surface area (Å²) in [5, 5.41) is 4.03. The molecule has 2 aromatic heterocycles. The molecule has 7 nitrogen and oxygen atoms in total. The van der Waals surface area contributed by atoms with Gasteiger partial charge >= 0.3 is 5.97 Å². The number of ether oxygens (including phenoxy) is 1. The Labute approximate surface area is 215 Å². The molecular formula is C28H26N4O3S. The first kappa shape index (κ1) is 23.6. The Morgan fingerprint density at radius 3 is 2.47 bits per heavy atom. The number of rotatable bonds is 6. The first-order chi connectivity index (χ1) is 17.5. The highest BCUT2D eigenvalue weighted by atomic mass is 32.1. The first-order valence-corrected chi connectivity index (χ1v) is 11.9. The van der Waals surface area contributed by atoms with Gasteiger partial charge in [-0.25, -0.2) is 4.79 Å². The van der Waals surface area contributed by atoms with Gasteiger partial charge in [0, 0.05) is 37.2 Å². The molecule has 8 heteroatoms. The van der Waals surface area contributed by atoms with E-state index in [4.69, 9.17) is 21.4 Å². The highest BCUT2D eigenvalue weighted by Gasteiger charge is 2.42. The zero-order valence-electron chi connectivity index (χ0n) is 20.2. The lowest BCUT2D eigenvalue weighted by molar-refractivity contribution is 0.0601. The van der Waals surface area contributed by atoms with Crippen molar-refractivity contribution >= 4 is 34.7 Å². The van der Waals surface area contributed by atoms with Gasteiger partial charge < -0.3 is 24.3 Å². The van der Waals surface area contributed by atoms with Crippen LogP contribution in [0.2, 0.25) is 0 Å². The summed E-state index contributed by atoms with van der Waals surface area (Å²) in [7, 11) is 5.38. The minimum Gasteiger partial charge on any atom is -0.465 e. The van der Waals surface area contributed by atoms with Crippen molar-refractivity contribution in [1.29, 1.82) is 0 Å². The van der Waals surface area contributed by atoms with Crippen LogP contribution in [0.25, 0.3) is 11.3 Å². The Morgan fingerprint density at radius 1 is 1.03 bits per heavy atom. The number of benzene rings is 2. The molecule has 3 heterocycles. The molecular weight excluding hydrogens is 472 g/mol. The molecule has 1 aliphatic heterocycles. The Kier molecular flexibility index (Phi) is 6.43. The topological polar surface area (TPSA) is 70.8 Å². The first-order valence-electron chi connectivity index (χ1n) is 11.5. The molecule has 0 radical (unpaired) electrons. The molecule has 1 N–H and O–H groups in total. The lowest BCUT2D eigenvalue weighted by Gasteiger charge is -2.26. The number of aromatic nitrogens is 1. The molecule has 2 atom stereocenters. The Hall–Kier alpha value is -4.17. The Morgan fingerprint density at radius 2 is 1.78 bits per heavy atom. The Balaban J connectivity index is 1.59. The fourth-order valence-corrected chi connectivity index (χ4v) is 4.82. The van der Waals surface area contributed by atoms with Gasteiger partial charge in [0.1, 0.15) is 17.6 Å². The molecule has 5 rings (SSSR count). The molecule has 0 spiro atoms. The number of furan rings is 1. The number of carbonyl (C=O) groups excluding carboxylic acids is 1. The summed E-state index contributed by atoms with van der Waals surface area (Å²) in [4.78, 5) is 21.1. The number of carbonyl (C=O) groups is 1. The van der Waals surface area contributed by atoms with Crippen molar-refractivity contribution in [2.75, 3.05) is 31.0 Å². The number of hydrogen-bond acceptors (Lipinski definition) is 6. The van der Waals surface area contributed by atoms with Crippen LogP contribution >= 0.6 is 12.2 Å². The standard InChI is InChI=1S/C28H26N4O3S/c1-31(2)18-11-13-19(14-12-18)32-26(25(30-28(32)36)22-10-6-7-17-29-22)24-16-15-23(35-24)20-8-4-5-9-21(20)27(33)34-3/h4-17,25-26H,1-3H3,(H,30,36)/t25-,26+/m1/s1. The van der Waals surface area contributed by atoms with Crippen LogP contribution in [0.4, 0.5) is 11.4 Å². The second kappa shape index (κ2) is 9.83. The predicted molar refractivity (Wildman–Crippen MR) is 144 cm³/mol. The molecule has 0 saturated carbocycles. The van der Waals surface area contributed by atoms with Crippen molar-refractivity contribution in [2.24, 2.45) is 0 Å². The van der Waals surface area contributed by atoms with E-state index in [1.165, 1.54) is 7.11 Å². The van der Waals surface area contributed by atoms with Crippen molar-refractivity contribution in [3.8, 4) is 11.3 Å². The number of hydrogen-bond donors (Lipinski definition) is 1. The zero-order valence-corrected chi connectivity index (χ0v) is 21.0. The molecule has 0 aliphatic carbocycles. The van der Waals surface area contributed by atoms with E-state index in [2.05, 4.69) is 32.2 Å². The van der Waals surface area contributed by atoms with E-state index in [0.717, 1.165) is 17.1 Å². The lowest BCUT2D eigenvalue weighted by atomic mass is 10.0. The van der Waals surface area contributed by atoms with Gasteiger partial charge in [-0.15, -0.1) is 0 Å². The average molecular weight is 499 g/mol. The molecule has 2 aromatic carbocycles. The fraction of sp³-hybridized carbons (Fsp3) is 0.179. The number of nitrogens with one attached hydrogen (secondary N) is 1. The maximum Gasteiger partial charge on any atom is 0.338 e. The molecule has 1 fully saturated rings. The molecule has 182 valence electrons. The largest absolute Gasteiger partial charge is 0.465 e. The summed E-state index contributed by atoms with van der Waals surface area (Å²) in [6, 6.07) is 24.6. The van der Waals surface area contributed by atoms with Gasteiger partial charge in [-0.3, -0.25) is 4.98 Å². The van der Waals surface area contributed by atoms with Crippen LogP contribution in [0, 0.1) is 0 Å². The predicted octanol–water partition coefficient (Wildman–Crippen LogP) is 5.37. The summed E-state index contributed by atoms with van der Waals surface area (Å²) in [5.41, 5.74) is 3.99. The third-order valence-electron chi connectivity index (χ3n) is 6.26. The van der Waals surface area contributed by atoms with Gasteiger partial charge in [0.15, 0.2) is 5.11 Å². The minimum atomic E-state index is -0.416. The normalized spacial score (nSPS) is 17.1. The molecule has 1 saturated heterocycles. The monoisotopic (exact) mass is 498 g/mol. The number of nitrogens with zero attached hydrogens (tertiary/aromatic N) is 3. The maximum absolute atomic E-state index is 12.4. The molecule has 0 amide bonds. The van der Waals surface area contributed by atoms with Gasteiger partial charge in [-0.05, 0) is 66.8 Å². The Bertz CT molecular complexity index is 1390. The fourth-order valence-electron chi connectivity index (χ4n) is 4.48. The zero-order chi connectivity index (χ0) is 25.2. The summed E-state index contributed by atoms with van der Waals surface area (Å²) < 4.78 is 11.4. The summed E-state index contributed by atoms with van der Waals surface area (Å²) in [6.45, 7) is 0. The third kappa shape index (κ3) is 4.31. The number of pyridine rings is 1. The SMILES string of the molecule is COC(=O)c1ccccc1-c1ccc([C@H]2[C@@H](c3ccccn3)NC(=S)N2c2ccc(N(C)C)cc2)o1. The van der Waals surface area contributed by atoms with Gasteiger partial charge in [-0.1, -0.05) is 24.3 Å². The van der Waals surface area contributed by atoms with Crippen LogP contribution < -0.4 is 15.1 Å². The lowest BCUT2D eigenvalue weighted by Crippen LogP contribution is -2.29. The molecule has 0 bridgehead atoms. The minimum absolute atomic E-state index is 0.234. The number of methoxy groups -OCH3 is 1. The van der Waals surface area contributed by atoms with Gasteiger partial charge in [-0.2, -0.15) is 0 Å². The van der Waals surface area contributed by atoms with Crippen LogP contribution in [0.15, 0.2) is 89.5 Å². The third-order valence-corrected chi connectivity index (χ3v) is 6.57. The van der Waals surface area contributed by atoms with E-state index >= 15 is 0 Å². The maximum atomic E-state index is 12.4. The van der Waals surface area contributed by atoms with E-state index in [-0.39, 0.29) is 12.1 Å². The van der Waals surface area contributed by atoms with Crippen molar-refractivity contribution in [2.45, 2.75) is 12.1 Å². The van der Waals surface area contributed by atoms with E-state index < -0.39 is 5.97 Å². The smallest absolute Gasteiger partial charge is 0.338 e. The van der Waals surface area contributed by atoms with Crippen molar-refractivity contribution in [3.05, 3.63) is 102 Å². The van der Waals surface area contributed by atoms with Crippen molar-refractivity contribution in [1.82, 2.24) is 10.3 Å². The quantitative estimate of drug-likeness (QED) is 0.281. The highest BCUT2D eigenvalue weighted by Crippen LogP contribution is 2.43. The van der Waals surface area contributed by atoms with Crippen LogP contribution in [0.1, 0.15) is 33.9 Å². The molecule has 36 heavy (non-hydrogen) atoms. The van der Waals surface area contributed by atoms with Crippen molar-refractivity contribution < 1.29 is 13.9 Å². The van der Waals surface area contributed by atoms with Crippen LogP contribution in [0.5, 0.6) is 0 Å². The average Bonchev–Trinajstić information content (AvgIpc) is 3.53. The molecule has 0 unspecified atom stereocenters. The summed E-state index contributed by atoms with van der Waals surface area (Å²) in [6.07, 6.45) is 1.77. The van der Waals surface area contributed by atoms with E-state index in [1.807, 2.05) is 68.7 Å². The van der Waals surface area contributed by atoms with Crippen molar-refractivity contribution in [3.63, 3.8) is 0 Å². The van der Waals surface area contributed by atoms with Gasteiger partial charge in [0.2, 0.25) is 0 Å². The number of anilines is 2. The van der Waals surface area contributed by atoms with Gasteiger partial charge in [0.05, 0.1) is 24.4 Å². The second-order valence-electron chi connectivity index (χ2n) is 8.65. The van der Waals surface area contributed by atoms with Crippen LogP contribution in [-0.2, 0) is 4.74 Å². The van der Waals surface area contributed by atoms with E-state index in [0.29, 0.717) is 27.8 Å². The number of thiocarbonyl (C=S) groups is 1. The molecule has 1 aliphatic rings. The van der Waals surface area contributed by atoms with E-state index in [1.54, 1.807) is 18.3 Å². The van der Waals surface area contributed by atoms with Gasteiger partial charge in [0.25, 0.3) is 0 Å². The summed E-state index contributed by atoms with van der Waals surface area (Å²) in [5.74, 6) is 0.858. The van der Waals surface area contributed by atoms with E-state index in [9.17, 15) is 4.79 Å². The highest BCUT2D eigenvalue weighted by molar-refractivity contribution is 7.80. The molecule has 4 aromatic rings.